The highest BCUT2D eigenvalue weighted by Crippen LogP contribution is 2.47. The van der Waals surface area contributed by atoms with Gasteiger partial charge in [-0.15, -0.1) is 0 Å². The molecule has 7 nitrogen and oxygen atoms in total. The molecule has 30 heavy (non-hydrogen) atoms. The molecule has 1 atom stereocenters. The second-order valence-corrected chi connectivity index (χ2v) is 7.80. The van der Waals surface area contributed by atoms with Crippen molar-refractivity contribution < 1.29 is 4.74 Å². The van der Waals surface area contributed by atoms with Crippen LogP contribution in [0.4, 0.5) is 0 Å². The molecule has 4 rings (SSSR count). The first-order chi connectivity index (χ1) is 14.5. The van der Waals surface area contributed by atoms with Gasteiger partial charge in [-0.2, -0.15) is 15.5 Å². The Balaban J connectivity index is 1.85. The fourth-order valence-corrected chi connectivity index (χ4v) is 4.56. The van der Waals surface area contributed by atoms with Crippen LogP contribution in [0.3, 0.4) is 0 Å². The summed E-state index contributed by atoms with van der Waals surface area (Å²) in [5.41, 5.74) is 13.3. The molecule has 3 heterocycles. The Morgan fingerprint density at radius 3 is 2.50 bits per heavy atom. The van der Waals surface area contributed by atoms with E-state index in [4.69, 9.17) is 10.5 Å². The van der Waals surface area contributed by atoms with E-state index in [1.54, 1.807) is 0 Å². The third-order valence-corrected chi connectivity index (χ3v) is 6.23. The average molecular weight is 405 g/mol. The fraction of sp³-hybridized carbons (Fsp3) is 0.435. The van der Waals surface area contributed by atoms with E-state index in [1.807, 2.05) is 21.8 Å². The standard InChI is InChI=1S/C23H28N6O/c1-5-28-14(3)17(12-26-28)10-16-8-7-9-18-21(19(11-24)23(25)30-22(16)18)20-13-27-29(6-2)15(20)4/h10,12-13,21H,5-9,25H2,1-4H3/b16-10-/t21-/m1/s1. The van der Waals surface area contributed by atoms with E-state index in [-0.39, 0.29) is 11.8 Å². The molecule has 1 aliphatic carbocycles. The number of allylic oxidation sites excluding steroid dienone is 3. The van der Waals surface area contributed by atoms with Crippen molar-refractivity contribution in [2.75, 3.05) is 0 Å². The molecule has 0 radical (unpaired) electrons. The summed E-state index contributed by atoms with van der Waals surface area (Å²) in [6.07, 6.45) is 8.72. The number of nitrogens with zero attached hydrogens (tertiary/aromatic N) is 5. The zero-order valence-corrected chi connectivity index (χ0v) is 18.1. The molecule has 1 aliphatic heterocycles. The highest BCUT2D eigenvalue weighted by molar-refractivity contribution is 5.63. The van der Waals surface area contributed by atoms with E-state index in [1.165, 1.54) is 0 Å². The van der Waals surface area contributed by atoms with Gasteiger partial charge in [-0.05, 0) is 64.2 Å². The maximum atomic E-state index is 9.86. The van der Waals surface area contributed by atoms with Crippen molar-refractivity contribution in [1.29, 1.82) is 5.26 Å². The first-order valence-corrected chi connectivity index (χ1v) is 10.6. The summed E-state index contributed by atoms with van der Waals surface area (Å²) >= 11 is 0. The largest absolute Gasteiger partial charge is 0.440 e. The van der Waals surface area contributed by atoms with Gasteiger partial charge in [-0.3, -0.25) is 9.36 Å². The summed E-state index contributed by atoms with van der Waals surface area (Å²) in [6, 6.07) is 2.30. The molecule has 156 valence electrons. The molecule has 0 unspecified atom stereocenters. The van der Waals surface area contributed by atoms with Crippen molar-refractivity contribution in [3.05, 3.63) is 63.3 Å². The quantitative estimate of drug-likeness (QED) is 0.829. The molecule has 0 saturated carbocycles. The number of aromatic nitrogens is 4. The highest BCUT2D eigenvalue weighted by Gasteiger charge is 2.37. The highest BCUT2D eigenvalue weighted by atomic mass is 16.5. The van der Waals surface area contributed by atoms with Crippen molar-refractivity contribution >= 4 is 6.08 Å². The summed E-state index contributed by atoms with van der Waals surface area (Å²) in [4.78, 5) is 0. The zero-order chi connectivity index (χ0) is 21.4. The minimum atomic E-state index is -0.206. The molecule has 2 N–H and O–H groups in total. The first-order valence-electron chi connectivity index (χ1n) is 10.6. The molecule has 0 bridgehead atoms. The Labute approximate surface area is 177 Å². The maximum absolute atomic E-state index is 9.86. The Morgan fingerprint density at radius 1 is 1.17 bits per heavy atom. The molecule has 2 aromatic heterocycles. The number of ether oxygens (including phenoxy) is 1. The number of nitrogens with two attached hydrogens (primary N) is 1. The normalized spacial score (nSPS) is 20.4. The van der Waals surface area contributed by atoms with Crippen LogP contribution >= 0.6 is 0 Å². The van der Waals surface area contributed by atoms with Crippen molar-refractivity contribution in [1.82, 2.24) is 19.6 Å². The molecule has 7 heteroatoms. The van der Waals surface area contributed by atoms with Gasteiger partial charge in [0, 0.05) is 35.6 Å². The van der Waals surface area contributed by atoms with Crippen molar-refractivity contribution in [3.8, 4) is 6.07 Å². The number of hydrogen-bond donors (Lipinski definition) is 1. The smallest absolute Gasteiger partial charge is 0.205 e. The maximum Gasteiger partial charge on any atom is 0.205 e. The van der Waals surface area contributed by atoms with Crippen LogP contribution in [0.1, 0.15) is 61.5 Å². The second-order valence-electron chi connectivity index (χ2n) is 7.80. The van der Waals surface area contributed by atoms with Crippen LogP contribution in [0.15, 0.2) is 40.8 Å². The first kappa shape index (κ1) is 20.0. The lowest BCUT2D eigenvalue weighted by atomic mass is 9.77. The van der Waals surface area contributed by atoms with Crippen molar-refractivity contribution in [2.45, 2.75) is 66.0 Å². The van der Waals surface area contributed by atoms with Crippen molar-refractivity contribution in [2.24, 2.45) is 5.73 Å². The minimum Gasteiger partial charge on any atom is -0.440 e. The molecule has 0 amide bonds. The monoisotopic (exact) mass is 404 g/mol. The summed E-state index contributed by atoms with van der Waals surface area (Å²) in [7, 11) is 0. The van der Waals surface area contributed by atoms with Gasteiger partial charge < -0.3 is 10.5 Å². The number of aryl methyl sites for hydroxylation is 2. The van der Waals surface area contributed by atoms with Gasteiger partial charge in [0.2, 0.25) is 5.88 Å². The average Bonchev–Trinajstić information content (AvgIpc) is 3.29. The third kappa shape index (κ3) is 3.13. The molecular weight excluding hydrogens is 376 g/mol. The van der Waals surface area contributed by atoms with Crippen LogP contribution < -0.4 is 5.73 Å². The Morgan fingerprint density at radius 2 is 1.87 bits per heavy atom. The van der Waals surface area contributed by atoms with Crippen LogP contribution in [-0.2, 0) is 17.8 Å². The van der Waals surface area contributed by atoms with E-state index in [0.29, 0.717) is 5.57 Å². The van der Waals surface area contributed by atoms with Gasteiger partial charge in [0.25, 0.3) is 0 Å². The summed E-state index contributed by atoms with van der Waals surface area (Å²) in [6.45, 7) is 9.90. The van der Waals surface area contributed by atoms with Crippen LogP contribution in [0, 0.1) is 25.2 Å². The van der Waals surface area contributed by atoms with E-state index in [9.17, 15) is 5.26 Å². The van der Waals surface area contributed by atoms with E-state index in [2.05, 4.69) is 50.0 Å². The molecule has 0 fully saturated rings. The molecule has 0 aromatic carbocycles. The minimum absolute atomic E-state index is 0.193. The molecular formula is C23H28N6O. The van der Waals surface area contributed by atoms with Crippen LogP contribution in [0.5, 0.6) is 0 Å². The lowest BCUT2D eigenvalue weighted by Gasteiger charge is -2.33. The van der Waals surface area contributed by atoms with Gasteiger partial charge in [0.1, 0.15) is 17.4 Å². The van der Waals surface area contributed by atoms with E-state index in [0.717, 1.165) is 71.8 Å². The van der Waals surface area contributed by atoms with E-state index >= 15 is 0 Å². The second kappa shape index (κ2) is 7.86. The van der Waals surface area contributed by atoms with Gasteiger partial charge >= 0.3 is 0 Å². The van der Waals surface area contributed by atoms with Crippen LogP contribution in [-0.4, -0.2) is 19.6 Å². The van der Waals surface area contributed by atoms with Crippen LogP contribution in [0.2, 0.25) is 0 Å². The lowest BCUT2D eigenvalue weighted by molar-refractivity contribution is 0.277. The lowest BCUT2D eigenvalue weighted by Crippen LogP contribution is -2.24. The Hall–Kier alpha value is -3.27. The zero-order valence-electron chi connectivity index (χ0n) is 18.1. The molecule has 0 saturated heterocycles. The SMILES string of the molecule is CCn1ncc(/C=C2/CCCC3=C2OC(N)=C(C#N)[C@@H]3c2cnn(CC)c2C)c1C. The summed E-state index contributed by atoms with van der Waals surface area (Å²) in [5.74, 6) is 0.802. The summed E-state index contributed by atoms with van der Waals surface area (Å²) in [5, 5.41) is 18.8. The molecule has 0 spiro atoms. The number of rotatable bonds is 4. The number of nitriles is 1. The van der Waals surface area contributed by atoms with Gasteiger partial charge in [0.15, 0.2) is 0 Å². The van der Waals surface area contributed by atoms with Gasteiger partial charge in [-0.1, -0.05) is 0 Å². The van der Waals surface area contributed by atoms with Gasteiger partial charge in [-0.25, -0.2) is 0 Å². The van der Waals surface area contributed by atoms with Crippen LogP contribution in [0.25, 0.3) is 6.08 Å². The molecule has 2 aliphatic rings. The summed E-state index contributed by atoms with van der Waals surface area (Å²) < 4.78 is 10.0. The van der Waals surface area contributed by atoms with Gasteiger partial charge in [0.05, 0.1) is 18.3 Å². The van der Waals surface area contributed by atoms with Crippen molar-refractivity contribution in [3.63, 3.8) is 0 Å². The van der Waals surface area contributed by atoms with E-state index < -0.39 is 0 Å². The third-order valence-electron chi connectivity index (χ3n) is 6.23. The predicted octanol–water partition coefficient (Wildman–Crippen LogP) is 4.07. The fourth-order valence-electron chi connectivity index (χ4n) is 4.56. The Bertz CT molecular complexity index is 1120. The molecule has 2 aromatic rings. The number of hydrogen-bond acceptors (Lipinski definition) is 5. The predicted molar refractivity (Wildman–Crippen MR) is 115 cm³/mol. The topological polar surface area (TPSA) is 94.7 Å². The Kier molecular flexibility index (Phi) is 5.25.